The van der Waals surface area contributed by atoms with Gasteiger partial charge in [0, 0.05) is 25.5 Å². The Bertz CT molecular complexity index is 1110. The molecule has 0 saturated heterocycles. The third-order valence-electron chi connectivity index (χ3n) is 4.11. The average Bonchev–Trinajstić information content (AvgIpc) is 2.71. The molecule has 0 fully saturated rings. The molecule has 2 N–H and O–H groups in total. The molecule has 0 bridgehead atoms. The Labute approximate surface area is 161 Å². The van der Waals surface area contributed by atoms with Gasteiger partial charge in [-0.15, -0.1) is 0 Å². The van der Waals surface area contributed by atoms with Crippen molar-refractivity contribution in [1.82, 2.24) is 9.66 Å². The second kappa shape index (κ2) is 8.29. The van der Waals surface area contributed by atoms with E-state index in [1.165, 1.54) is 6.92 Å². The highest BCUT2D eigenvalue weighted by Gasteiger charge is 2.21. The van der Waals surface area contributed by atoms with Gasteiger partial charge in [-0.3, -0.25) is 15.0 Å². The molecule has 1 aromatic heterocycles. The Balaban J connectivity index is 2.27. The fraction of sp³-hybridized carbons (Fsp3) is 0.143. The second-order valence-corrected chi connectivity index (χ2v) is 6.10. The van der Waals surface area contributed by atoms with Gasteiger partial charge in [0.25, 0.3) is 5.56 Å². The van der Waals surface area contributed by atoms with Gasteiger partial charge < -0.3 is 5.11 Å². The van der Waals surface area contributed by atoms with E-state index in [1.54, 1.807) is 36.4 Å². The molecule has 3 aromatic rings. The van der Waals surface area contributed by atoms with E-state index in [0.29, 0.717) is 22.5 Å². The molecule has 0 aliphatic heterocycles. The molecule has 0 radical (unpaired) electrons. The standard InChI is InChI=1S/C21H18N4O3/c1-14(27)20-19(16-7-3-2-4-8-16)23-18(10-11-26)21(28)25(20)24-17-9-5-6-15(12-17)13-22/h2-9,12,24,26H,10-11H2,1H3. The zero-order chi connectivity index (χ0) is 20.1. The van der Waals surface area contributed by atoms with Crippen LogP contribution >= 0.6 is 0 Å². The van der Waals surface area contributed by atoms with Crippen molar-refractivity contribution in [1.29, 1.82) is 5.26 Å². The quantitative estimate of drug-likeness (QED) is 0.642. The largest absolute Gasteiger partial charge is 0.396 e. The molecule has 3 rings (SSSR count). The van der Waals surface area contributed by atoms with Gasteiger partial charge in [-0.05, 0) is 18.2 Å². The summed E-state index contributed by atoms with van der Waals surface area (Å²) >= 11 is 0. The molecule has 7 nitrogen and oxygen atoms in total. The summed E-state index contributed by atoms with van der Waals surface area (Å²) in [6.45, 7) is 1.11. The van der Waals surface area contributed by atoms with E-state index in [0.717, 1.165) is 4.68 Å². The highest BCUT2D eigenvalue weighted by Crippen LogP contribution is 2.22. The predicted molar refractivity (Wildman–Crippen MR) is 105 cm³/mol. The Kier molecular flexibility index (Phi) is 5.63. The third-order valence-corrected chi connectivity index (χ3v) is 4.11. The number of carbonyl (C=O) groups excluding carboxylic acids is 1. The van der Waals surface area contributed by atoms with E-state index in [-0.39, 0.29) is 30.2 Å². The molecule has 0 aliphatic carbocycles. The lowest BCUT2D eigenvalue weighted by atomic mass is 10.1. The van der Waals surface area contributed by atoms with Crippen LogP contribution in [0.5, 0.6) is 0 Å². The first kappa shape index (κ1) is 19.0. The molecule has 1 heterocycles. The molecule has 140 valence electrons. The van der Waals surface area contributed by atoms with Gasteiger partial charge in [0.05, 0.1) is 17.3 Å². The molecular weight excluding hydrogens is 356 g/mol. The Morgan fingerprint density at radius 3 is 2.61 bits per heavy atom. The Morgan fingerprint density at radius 2 is 1.96 bits per heavy atom. The van der Waals surface area contributed by atoms with Crippen molar-refractivity contribution in [2.45, 2.75) is 13.3 Å². The number of Topliss-reactive ketones (excluding diaryl/α,β-unsaturated/α-hetero) is 1. The summed E-state index contributed by atoms with van der Waals surface area (Å²) in [6, 6.07) is 17.7. The van der Waals surface area contributed by atoms with Crippen LogP contribution in [0.3, 0.4) is 0 Å². The fourth-order valence-electron chi connectivity index (χ4n) is 2.86. The first-order chi connectivity index (χ1) is 13.5. The number of aromatic nitrogens is 2. The number of rotatable bonds is 6. The summed E-state index contributed by atoms with van der Waals surface area (Å²) in [4.78, 5) is 29.8. The number of benzene rings is 2. The number of aliphatic hydroxyl groups is 1. The molecule has 0 amide bonds. The van der Waals surface area contributed by atoms with Crippen LogP contribution in [0.4, 0.5) is 5.69 Å². The summed E-state index contributed by atoms with van der Waals surface area (Å²) in [5.74, 6) is -0.345. The van der Waals surface area contributed by atoms with E-state index in [4.69, 9.17) is 5.26 Å². The van der Waals surface area contributed by atoms with Gasteiger partial charge in [-0.25, -0.2) is 9.66 Å². The van der Waals surface area contributed by atoms with Crippen molar-refractivity contribution in [2.24, 2.45) is 0 Å². The van der Waals surface area contributed by atoms with Crippen molar-refractivity contribution in [3.05, 3.63) is 81.9 Å². The van der Waals surface area contributed by atoms with Gasteiger partial charge >= 0.3 is 0 Å². The maximum atomic E-state index is 12.9. The smallest absolute Gasteiger partial charge is 0.291 e. The van der Waals surface area contributed by atoms with Crippen LogP contribution < -0.4 is 11.0 Å². The third kappa shape index (κ3) is 3.82. The fourth-order valence-corrected chi connectivity index (χ4v) is 2.86. The van der Waals surface area contributed by atoms with Crippen molar-refractivity contribution in [3.63, 3.8) is 0 Å². The number of carbonyl (C=O) groups is 1. The van der Waals surface area contributed by atoms with E-state index >= 15 is 0 Å². The monoisotopic (exact) mass is 374 g/mol. The van der Waals surface area contributed by atoms with Crippen LogP contribution in [0.15, 0.2) is 59.4 Å². The number of ketones is 1. The lowest BCUT2D eigenvalue weighted by Crippen LogP contribution is -2.35. The maximum Gasteiger partial charge on any atom is 0.291 e. The SMILES string of the molecule is CC(=O)c1c(-c2ccccc2)nc(CCO)c(=O)n1Nc1cccc(C#N)c1. The second-order valence-electron chi connectivity index (χ2n) is 6.10. The van der Waals surface area contributed by atoms with Crippen LogP contribution in [0.25, 0.3) is 11.3 Å². The van der Waals surface area contributed by atoms with Gasteiger partial charge in [-0.1, -0.05) is 36.4 Å². The average molecular weight is 374 g/mol. The molecule has 28 heavy (non-hydrogen) atoms. The molecule has 0 atom stereocenters. The van der Waals surface area contributed by atoms with E-state index in [9.17, 15) is 14.7 Å². The van der Waals surface area contributed by atoms with Crippen LogP contribution in [0.2, 0.25) is 0 Å². The minimum Gasteiger partial charge on any atom is -0.396 e. The number of nitrogens with zero attached hydrogens (tertiary/aromatic N) is 3. The topological polar surface area (TPSA) is 108 Å². The summed E-state index contributed by atoms with van der Waals surface area (Å²) < 4.78 is 1.14. The van der Waals surface area contributed by atoms with E-state index in [1.807, 2.05) is 24.3 Å². The van der Waals surface area contributed by atoms with Crippen molar-refractivity contribution in [3.8, 4) is 17.3 Å². The highest BCUT2D eigenvalue weighted by atomic mass is 16.3. The lowest BCUT2D eigenvalue weighted by Gasteiger charge is -2.18. The first-order valence-electron chi connectivity index (χ1n) is 8.65. The minimum absolute atomic E-state index is 0.0523. The number of nitrogens with one attached hydrogen (secondary N) is 1. The molecule has 0 unspecified atom stereocenters. The van der Waals surface area contributed by atoms with E-state index in [2.05, 4.69) is 10.4 Å². The van der Waals surface area contributed by atoms with Gasteiger partial charge in [0.1, 0.15) is 17.1 Å². The molecule has 7 heteroatoms. The number of anilines is 1. The molecule has 2 aromatic carbocycles. The zero-order valence-corrected chi connectivity index (χ0v) is 15.2. The number of nitriles is 1. The maximum absolute atomic E-state index is 12.9. The number of hydrogen-bond acceptors (Lipinski definition) is 6. The van der Waals surface area contributed by atoms with Gasteiger partial charge in [0.15, 0.2) is 5.78 Å². The summed E-state index contributed by atoms with van der Waals surface area (Å²) in [5.41, 5.74) is 4.53. The first-order valence-corrected chi connectivity index (χ1v) is 8.65. The number of hydrogen-bond donors (Lipinski definition) is 2. The Morgan fingerprint density at radius 1 is 1.21 bits per heavy atom. The van der Waals surface area contributed by atoms with Crippen molar-refractivity contribution in [2.75, 3.05) is 12.0 Å². The summed E-state index contributed by atoms with van der Waals surface area (Å²) in [7, 11) is 0. The molecule has 0 spiro atoms. The van der Waals surface area contributed by atoms with Crippen molar-refractivity contribution >= 4 is 11.5 Å². The van der Waals surface area contributed by atoms with Crippen LogP contribution in [0, 0.1) is 11.3 Å². The van der Waals surface area contributed by atoms with Gasteiger partial charge in [-0.2, -0.15) is 5.26 Å². The molecular formula is C21H18N4O3. The lowest BCUT2D eigenvalue weighted by molar-refractivity contribution is 0.100. The summed E-state index contributed by atoms with van der Waals surface area (Å²) in [5, 5.41) is 18.4. The normalized spacial score (nSPS) is 10.3. The highest BCUT2D eigenvalue weighted by molar-refractivity contribution is 5.98. The van der Waals surface area contributed by atoms with Crippen LogP contribution in [0.1, 0.15) is 28.7 Å². The van der Waals surface area contributed by atoms with Crippen LogP contribution in [-0.4, -0.2) is 27.2 Å². The van der Waals surface area contributed by atoms with E-state index < -0.39 is 5.56 Å². The minimum atomic E-state index is -0.527. The Hall–Kier alpha value is -3.76. The number of aliphatic hydroxyl groups excluding tert-OH is 1. The van der Waals surface area contributed by atoms with Crippen molar-refractivity contribution < 1.29 is 9.90 Å². The zero-order valence-electron chi connectivity index (χ0n) is 15.2. The predicted octanol–water partition coefficient (Wildman–Crippen LogP) is 2.39. The van der Waals surface area contributed by atoms with Crippen LogP contribution in [-0.2, 0) is 6.42 Å². The molecule has 0 aliphatic rings. The molecule has 0 saturated carbocycles. The van der Waals surface area contributed by atoms with Gasteiger partial charge in [0.2, 0.25) is 0 Å². The summed E-state index contributed by atoms with van der Waals surface area (Å²) in [6.07, 6.45) is 0.0523.